The molecule has 104 valence electrons. The summed E-state index contributed by atoms with van der Waals surface area (Å²) in [6, 6.07) is 10.6. The Balaban J connectivity index is 1.71. The Labute approximate surface area is 118 Å². The third-order valence-electron chi connectivity index (χ3n) is 3.58. The molecule has 1 unspecified atom stereocenters. The fourth-order valence-electron chi connectivity index (χ4n) is 2.38. The van der Waals surface area contributed by atoms with Gasteiger partial charge < -0.3 is 14.8 Å². The van der Waals surface area contributed by atoms with E-state index in [4.69, 9.17) is 9.47 Å². The van der Waals surface area contributed by atoms with Crippen LogP contribution in [-0.4, -0.2) is 11.8 Å². The topological polar surface area (TPSA) is 43.4 Å². The number of pyridine rings is 1. The van der Waals surface area contributed by atoms with Crippen LogP contribution < -0.4 is 14.8 Å². The standard InChI is InChI=1S/C16H18N2O2/c1-11(18-12(2)14-4-3-7-17-9-14)13-5-6-15-16(8-13)20-10-19-15/h3-9,11-12,18H,10H2,1-2H3/t11?,12-/m0/s1. The first-order chi connectivity index (χ1) is 9.74. The lowest BCUT2D eigenvalue weighted by Gasteiger charge is -2.20. The molecule has 1 aromatic carbocycles. The van der Waals surface area contributed by atoms with Crippen LogP contribution in [0.4, 0.5) is 0 Å². The summed E-state index contributed by atoms with van der Waals surface area (Å²) in [7, 11) is 0. The maximum Gasteiger partial charge on any atom is 0.231 e. The Hall–Kier alpha value is -2.07. The second kappa shape index (κ2) is 5.51. The predicted octanol–water partition coefficient (Wildman–Crippen LogP) is 3.22. The molecule has 0 spiro atoms. The molecular formula is C16H18N2O2. The van der Waals surface area contributed by atoms with Crippen molar-refractivity contribution in [3.63, 3.8) is 0 Å². The second-order valence-electron chi connectivity index (χ2n) is 5.01. The van der Waals surface area contributed by atoms with Crippen molar-refractivity contribution in [2.75, 3.05) is 6.79 Å². The average Bonchev–Trinajstić information content (AvgIpc) is 2.95. The van der Waals surface area contributed by atoms with Gasteiger partial charge in [-0.25, -0.2) is 0 Å². The van der Waals surface area contributed by atoms with Crippen molar-refractivity contribution in [3.05, 3.63) is 53.9 Å². The maximum atomic E-state index is 5.42. The minimum Gasteiger partial charge on any atom is -0.454 e. The van der Waals surface area contributed by atoms with Gasteiger partial charge in [0.05, 0.1) is 0 Å². The second-order valence-corrected chi connectivity index (χ2v) is 5.01. The minimum atomic E-state index is 0.222. The summed E-state index contributed by atoms with van der Waals surface area (Å²) in [5.74, 6) is 1.64. The molecule has 2 heterocycles. The lowest BCUT2D eigenvalue weighted by molar-refractivity contribution is 0.174. The van der Waals surface area contributed by atoms with Crippen molar-refractivity contribution in [1.82, 2.24) is 10.3 Å². The van der Waals surface area contributed by atoms with Crippen LogP contribution >= 0.6 is 0 Å². The number of aromatic nitrogens is 1. The molecule has 0 amide bonds. The van der Waals surface area contributed by atoms with Crippen molar-refractivity contribution in [1.29, 1.82) is 0 Å². The minimum absolute atomic E-state index is 0.222. The van der Waals surface area contributed by atoms with E-state index < -0.39 is 0 Å². The molecule has 0 saturated carbocycles. The summed E-state index contributed by atoms with van der Waals surface area (Å²) in [5, 5.41) is 3.57. The predicted molar refractivity (Wildman–Crippen MR) is 76.8 cm³/mol. The summed E-state index contributed by atoms with van der Waals surface area (Å²) >= 11 is 0. The van der Waals surface area contributed by atoms with Crippen LogP contribution in [0.2, 0.25) is 0 Å². The molecule has 1 aliphatic rings. The quantitative estimate of drug-likeness (QED) is 0.926. The summed E-state index contributed by atoms with van der Waals surface area (Å²) in [6.45, 7) is 4.59. The van der Waals surface area contributed by atoms with Gasteiger partial charge in [-0.15, -0.1) is 0 Å². The SMILES string of the molecule is CC(N[C@@H](C)c1cccnc1)c1ccc2c(c1)OCO2. The Morgan fingerprint density at radius 3 is 2.65 bits per heavy atom. The Morgan fingerprint density at radius 1 is 1.05 bits per heavy atom. The molecule has 2 aromatic rings. The zero-order valence-electron chi connectivity index (χ0n) is 11.7. The molecule has 1 aromatic heterocycles. The average molecular weight is 270 g/mol. The van der Waals surface area contributed by atoms with Crippen molar-refractivity contribution in [2.45, 2.75) is 25.9 Å². The summed E-state index contributed by atoms with van der Waals surface area (Å²) in [6.07, 6.45) is 3.68. The van der Waals surface area contributed by atoms with Gasteiger partial charge in [0.25, 0.3) is 0 Å². The highest BCUT2D eigenvalue weighted by Crippen LogP contribution is 2.34. The van der Waals surface area contributed by atoms with Gasteiger partial charge in [0.1, 0.15) is 0 Å². The number of rotatable bonds is 4. The zero-order valence-corrected chi connectivity index (χ0v) is 11.7. The van der Waals surface area contributed by atoms with Crippen molar-refractivity contribution >= 4 is 0 Å². The van der Waals surface area contributed by atoms with Gasteiger partial charge in [0, 0.05) is 24.5 Å². The van der Waals surface area contributed by atoms with Crippen LogP contribution in [0, 0.1) is 0 Å². The summed E-state index contributed by atoms with van der Waals surface area (Å²) in [4.78, 5) is 4.16. The number of hydrogen-bond acceptors (Lipinski definition) is 4. The van der Waals surface area contributed by atoms with E-state index in [9.17, 15) is 0 Å². The van der Waals surface area contributed by atoms with E-state index >= 15 is 0 Å². The van der Waals surface area contributed by atoms with Crippen LogP contribution in [-0.2, 0) is 0 Å². The molecule has 0 aliphatic carbocycles. The van der Waals surface area contributed by atoms with Crippen LogP contribution in [0.15, 0.2) is 42.7 Å². The van der Waals surface area contributed by atoms with Crippen LogP contribution in [0.3, 0.4) is 0 Å². The number of nitrogens with zero attached hydrogens (tertiary/aromatic N) is 1. The number of ether oxygens (including phenoxy) is 2. The number of hydrogen-bond donors (Lipinski definition) is 1. The highest BCUT2D eigenvalue weighted by molar-refractivity contribution is 5.45. The molecule has 2 atom stereocenters. The number of benzene rings is 1. The Bertz CT molecular complexity index is 586. The first-order valence-corrected chi connectivity index (χ1v) is 6.79. The van der Waals surface area contributed by atoms with E-state index in [0.717, 1.165) is 11.5 Å². The summed E-state index contributed by atoms with van der Waals surface area (Å²) in [5.41, 5.74) is 2.37. The maximum absolute atomic E-state index is 5.42. The van der Waals surface area contributed by atoms with Gasteiger partial charge >= 0.3 is 0 Å². The summed E-state index contributed by atoms with van der Waals surface area (Å²) < 4.78 is 10.8. The van der Waals surface area contributed by atoms with Gasteiger partial charge in [-0.2, -0.15) is 0 Å². The largest absolute Gasteiger partial charge is 0.454 e. The lowest BCUT2D eigenvalue weighted by Crippen LogP contribution is -2.22. The third kappa shape index (κ3) is 2.60. The van der Waals surface area contributed by atoms with Gasteiger partial charge in [0.2, 0.25) is 6.79 Å². The fraction of sp³-hybridized carbons (Fsp3) is 0.312. The van der Waals surface area contributed by atoms with Gasteiger partial charge in [0.15, 0.2) is 11.5 Å². The molecule has 0 bridgehead atoms. The Kier molecular flexibility index (Phi) is 3.56. The monoisotopic (exact) mass is 270 g/mol. The molecule has 4 nitrogen and oxygen atoms in total. The highest BCUT2D eigenvalue weighted by atomic mass is 16.7. The number of fused-ring (bicyclic) bond motifs is 1. The van der Waals surface area contributed by atoms with E-state index in [1.807, 2.05) is 24.4 Å². The van der Waals surface area contributed by atoms with Crippen LogP contribution in [0.1, 0.15) is 37.1 Å². The normalized spacial score (nSPS) is 15.9. The molecule has 0 radical (unpaired) electrons. The van der Waals surface area contributed by atoms with Crippen LogP contribution in [0.5, 0.6) is 11.5 Å². The highest BCUT2D eigenvalue weighted by Gasteiger charge is 2.17. The van der Waals surface area contributed by atoms with Crippen molar-refractivity contribution < 1.29 is 9.47 Å². The molecule has 3 rings (SSSR count). The van der Waals surface area contributed by atoms with E-state index in [2.05, 4.69) is 36.3 Å². The van der Waals surface area contributed by atoms with Gasteiger partial charge in [-0.05, 0) is 43.2 Å². The molecule has 1 N–H and O–H groups in total. The molecule has 0 fully saturated rings. The molecule has 0 saturated heterocycles. The van der Waals surface area contributed by atoms with Gasteiger partial charge in [-0.1, -0.05) is 12.1 Å². The van der Waals surface area contributed by atoms with E-state index in [1.165, 1.54) is 11.1 Å². The Morgan fingerprint density at radius 2 is 1.85 bits per heavy atom. The van der Waals surface area contributed by atoms with E-state index in [0.29, 0.717) is 6.79 Å². The first-order valence-electron chi connectivity index (χ1n) is 6.79. The third-order valence-corrected chi connectivity index (χ3v) is 3.58. The fourth-order valence-corrected chi connectivity index (χ4v) is 2.38. The smallest absolute Gasteiger partial charge is 0.231 e. The number of nitrogens with one attached hydrogen (secondary N) is 1. The van der Waals surface area contributed by atoms with Gasteiger partial charge in [-0.3, -0.25) is 4.98 Å². The van der Waals surface area contributed by atoms with E-state index in [-0.39, 0.29) is 12.1 Å². The molecule has 4 heteroatoms. The first kappa shape index (κ1) is 12.9. The molecular weight excluding hydrogens is 252 g/mol. The van der Waals surface area contributed by atoms with Crippen molar-refractivity contribution in [3.8, 4) is 11.5 Å². The van der Waals surface area contributed by atoms with E-state index in [1.54, 1.807) is 6.20 Å². The zero-order chi connectivity index (χ0) is 13.9. The van der Waals surface area contributed by atoms with Crippen molar-refractivity contribution in [2.24, 2.45) is 0 Å². The van der Waals surface area contributed by atoms with Crippen LogP contribution in [0.25, 0.3) is 0 Å². The molecule has 20 heavy (non-hydrogen) atoms. The molecule has 1 aliphatic heterocycles. The lowest BCUT2D eigenvalue weighted by atomic mass is 10.0.